The Hall–Kier alpha value is -0.920. The van der Waals surface area contributed by atoms with Crippen LogP contribution in [0, 0.1) is 6.92 Å². The molecule has 1 amide bonds. The lowest BCUT2D eigenvalue weighted by Gasteiger charge is -2.36. The Kier molecular flexibility index (Phi) is 10.1. The molecule has 1 heterocycles. The van der Waals surface area contributed by atoms with Gasteiger partial charge in [0.2, 0.25) is 15.9 Å². The molecule has 1 fully saturated rings. The maximum absolute atomic E-state index is 13.4. The molecular weight excluding hydrogens is 452 g/mol. The van der Waals surface area contributed by atoms with Crippen LogP contribution in [-0.4, -0.2) is 54.5 Å². The van der Waals surface area contributed by atoms with Gasteiger partial charge >= 0.3 is 0 Å². The Morgan fingerprint density at radius 2 is 1.79 bits per heavy atom. The van der Waals surface area contributed by atoms with E-state index >= 15 is 0 Å². The van der Waals surface area contributed by atoms with E-state index in [2.05, 4.69) is 22.9 Å². The predicted molar refractivity (Wildman–Crippen MR) is 122 cm³/mol. The summed E-state index contributed by atoms with van der Waals surface area (Å²) in [6.45, 7) is 5.94. The van der Waals surface area contributed by atoms with Crippen LogP contribution in [0.25, 0.3) is 0 Å². The monoisotopic (exact) mass is 486 g/mol. The molecule has 0 aromatic heterocycles. The fourth-order valence-electron chi connectivity index (χ4n) is 3.83. The summed E-state index contributed by atoms with van der Waals surface area (Å²) in [7, 11) is -3.61. The van der Waals surface area contributed by atoms with E-state index in [9.17, 15) is 13.2 Å². The molecule has 5 nitrogen and oxygen atoms in total. The summed E-state index contributed by atoms with van der Waals surface area (Å²) in [6.07, 6.45) is 6.78. The molecule has 1 aliphatic rings. The lowest BCUT2D eigenvalue weighted by Crippen LogP contribution is -2.48. The topological polar surface area (TPSA) is 57.7 Å². The zero-order valence-electron chi connectivity index (χ0n) is 17.8. The van der Waals surface area contributed by atoms with Crippen LogP contribution in [0.15, 0.2) is 29.2 Å². The molecule has 0 bridgehead atoms. The van der Waals surface area contributed by atoms with Gasteiger partial charge in [0.15, 0.2) is 0 Å². The third-order valence-corrected chi connectivity index (χ3v) is 8.08. The smallest absolute Gasteiger partial charge is 0.243 e. The van der Waals surface area contributed by atoms with Crippen molar-refractivity contribution in [3.05, 3.63) is 29.8 Å². The predicted octanol–water partition coefficient (Wildman–Crippen LogP) is 4.73. The Bertz CT molecular complexity index is 737. The number of alkyl halides is 1. The molecule has 0 saturated carbocycles. The van der Waals surface area contributed by atoms with E-state index in [1.54, 1.807) is 16.4 Å². The van der Waals surface area contributed by atoms with Gasteiger partial charge in [-0.1, -0.05) is 59.8 Å². The summed E-state index contributed by atoms with van der Waals surface area (Å²) in [4.78, 5) is 15.2. The zero-order valence-corrected chi connectivity index (χ0v) is 20.2. The number of rotatable bonds is 10. The Labute approximate surface area is 185 Å². The van der Waals surface area contributed by atoms with Gasteiger partial charge < -0.3 is 4.90 Å². The number of benzene rings is 1. The molecule has 0 aliphatic carbocycles. The number of carbonyl (C=O) groups is 1. The normalized spacial score (nSPS) is 19.2. The van der Waals surface area contributed by atoms with E-state index in [1.807, 2.05) is 24.0 Å². The number of unbranched alkanes of at least 4 members (excludes halogenated alkanes) is 3. The van der Waals surface area contributed by atoms with Crippen molar-refractivity contribution in [2.75, 3.05) is 25.0 Å². The molecule has 1 saturated heterocycles. The number of halogens is 1. The first-order valence-electron chi connectivity index (χ1n) is 10.8. The van der Waals surface area contributed by atoms with Crippen molar-refractivity contribution in [3.8, 4) is 0 Å². The first-order valence-corrected chi connectivity index (χ1v) is 13.4. The molecule has 1 atom stereocenters. The average molecular weight is 488 g/mol. The van der Waals surface area contributed by atoms with Crippen molar-refractivity contribution in [2.24, 2.45) is 0 Å². The van der Waals surface area contributed by atoms with E-state index in [0.29, 0.717) is 24.4 Å². The van der Waals surface area contributed by atoms with Gasteiger partial charge in [-0.05, 0) is 44.7 Å². The van der Waals surface area contributed by atoms with Gasteiger partial charge in [0.05, 0.1) is 4.90 Å². The molecular formula is C22H35BrN2O3S. The fourth-order valence-corrected chi connectivity index (χ4v) is 5.92. The number of nitrogens with zero attached hydrogens (tertiary/aromatic N) is 2. The van der Waals surface area contributed by atoms with Crippen LogP contribution in [0.4, 0.5) is 0 Å². The minimum atomic E-state index is -3.61. The number of carbonyl (C=O) groups excluding carboxylic acids is 1. The van der Waals surface area contributed by atoms with E-state index in [0.717, 1.165) is 56.0 Å². The summed E-state index contributed by atoms with van der Waals surface area (Å²) in [6, 6.07) is 6.76. The van der Waals surface area contributed by atoms with Crippen LogP contribution >= 0.6 is 15.9 Å². The van der Waals surface area contributed by atoms with Crippen molar-refractivity contribution < 1.29 is 13.2 Å². The van der Waals surface area contributed by atoms with Gasteiger partial charge in [0.1, 0.15) is 0 Å². The van der Waals surface area contributed by atoms with Gasteiger partial charge in [-0.15, -0.1) is 0 Å². The van der Waals surface area contributed by atoms with E-state index in [-0.39, 0.29) is 18.4 Å². The van der Waals surface area contributed by atoms with Crippen molar-refractivity contribution in [3.63, 3.8) is 0 Å². The molecule has 2 rings (SSSR count). The summed E-state index contributed by atoms with van der Waals surface area (Å²) >= 11 is 3.44. The second-order valence-electron chi connectivity index (χ2n) is 7.91. The highest BCUT2D eigenvalue weighted by Crippen LogP contribution is 2.26. The third kappa shape index (κ3) is 7.07. The molecule has 1 aliphatic heterocycles. The van der Waals surface area contributed by atoms with Gasteiger partial charge in [0, 0.05) is 37.4 Å². The van der Waals surface area contributed by atoms with Crippen LogP contribution in [0.1, 0.15) is 63.9 Å². The van der Waals surface area contributed by atoms with Crippen LogP contribution < -0.4 is 0 Å². The van der Waals surface area contributed by atoms with Crippen molar-refractivity contribution in [1.29, 1.82) is 0 Å². The summed E-state index contributed by atoms with van der Waals surface area (Å²) in [5.74, 6) is 0.0878. The quantitative estimate of drug-likeness (QED) is 0.354. The highest BCUT2D eigenvalue weighted by Gasteiger charge is 2.34. The maximum atomic E-state index is 13.4. The maximum Gasteiger partial charge on any atom is 0.243 e. The van der Waals surface area contributed by atoms with E-state index in [1.165, 1.54) is 0 Å². The highest BCUT2D eigenvalue weighted by atomic mass is 79.9. The highest BCUT2D eigenvalue weighted by molar-refractivity contribution is 9.09. The van der Waals surface area contributed by atoms with Gasteiger partial charge in [-0.2, -0.15) is 4.31 Å². The van der Waals surface area contributed by atoms with Crippen LogP contribution in [0.2, 0.25) is 0 Å². The molecule has 1 aromatic rings. The first-order chi connectivity index (χ1) is 13.9. The molecule has 164 valence electrons. The lowest BCUT2D eigenvalue weighted by atomic mass is 10.0. The number of hydrogen-bond acceptors (Lipinski definition) is 3. The van der Waals surface area contributed by atoms with Gasteiger partial charge in [-0.25, -0.2) is 8.42 Å². The second kappa shape index (κ2) is 12.1. The molecule has 0 N–H and O–H groups in total. The Morgan fingerprint density at radius 1 is 1.07 bits per heavy atom. The molecule has 0 radical (unpaired) electrons. The third-order valence-electron chi connectivity index (χ3n) is 5.56. The standard InChI is InChI=1S/C22H35BrN2O3S/c1-3-4-5-9-20-18-22(26)24(15-7-6-14-23)16-8-17-25(20)29(27,28)21-12-10-19(2)11-13-21/h10-13,20H,3-9,14-18H2,1-2H3/t20-/m1/s1. The van der Waals surface area contributed by atoms with E-state index < -0.39 is 10.0 Å². The number of aryl methyl sites for hydroxylation is 1. The van der Waals surface area contributed by atoms with Crippen molar-refractivity contribution in [2.45, 2.75) is 76.2 Å². The van der Waals surface area contributed by atoms with Gasteiger partial charge in [-0.3, -0.25) is 4.79 Å². The molecule has 1 aromatic carbocycles. The minimum Gasteiger partial charge on any atom is -0.343 e. The largest absolute Gasteiger partial charge is 0.343 e. The Morgan fingerprint density at radius 3 is 2.45 bits per heavy atom. The molecule has 7 heteroatoms. The number of hydrogen-bond donors (Lipinski definition) is 0. The summed E-state index contributed by atoms with van der Waals surface area (Å²) in [5.41, 5.74) is 1.03. The number of amides is 1. The Balaban J connectivity index is 2.22. The first kappa shape index (κ1) is 24.4. The molecule has 0 unspecified atom stereocenters. The van der Waals surface area contributed by atoms with Crippen molar-refractivity contribution >= 4 is 31.9 Å². The average Bonchev–Trinajstić information content (AvgIpc) is 2.68. The number of sulfonamides is 1. The second-order valence-corrected chi connectivity index (χ2v) is 10.6. The minimum absolute atomic E-state index is 0.0878. The zero-order chi connectivity index (χ0) is 21.3. The SMILES string of the molecule is CCCCC[C@@H]1CC(=O)N(CCCCBr)CCCN1S(=O)(=O)c1ccc(C)cc1. The summed E-state index contributed by atoms with van der Waals surface area (Å²) < 4.78 is 28.4. The molecule has 29 heavy (non-hydrogen) atoms. The van der Waals surface area contributed by atoms with Gasteiger partial charge in [0.25, 0.3) is 0 Å². The molecule has 0 spiro atoms. The summed E-state index contributed by atoms with van der Waals surface area (Å²) in [5, 5.41) is 0.942. The lowest BCUT2D eigenvalue weighted by molar-refractivity contribution is -0.133. The fraction of sp³-hybridized carbons (Fsp3) is 0.682. The van der Waals surface area contributed by atoms with Crippen LogP contribution in [0.3, 0.4) is 0 Å². The van der Waals surface area contributed by atoms with E-state index in [4.69, 9.17) is 0 Å². The van der Waals surface area contributed by atoms with Crippen LogP contribution in [-0.2, 0) is 14.8 Å². The van der Waals surface area contributed by atoms with Crippen LogP contribution in [0.5, 0.6) is 0 Å². The van der Waals surface area contributed by atoms with Crippen molar-refractivity contribution in [1.82, 2.24) is 9.21 Å².